The number of ether oxygens (including phenoxy) is 1. The average molecular weight is 379 g/mol. The second kappa shape index (κ2) is 7.36. The molecule has 7 heteroatoms. The van der Waals surface area contributed by atoms with Crippen molar-refractivity contribution >= 4 is 5.91 Å². The molecule has 2 aromatic carbocycles. The number of nitrogens with one attached hydrogen (secondary N) is 1. The van der Waals surface area contributed by atoms with E-state index in [2.05, 4.69) is 10.2 Å². The van der Waals surface area contributed by atoms with E-state index in [0.29, 0.717) is 35.7 Å². The standard InChI is InChI=1S/C21H21N3O4/c1-28-14-7-4-6-13(12-14)20-17-18(15-8-2-3-9-16(15)26)22-23-19(17)21(27)24(20)10-5-11-25/h2-4,6-9,12,20,25-26H,5,10-11H2,1H3,(H,22,23). The number of fused-ring (bicyclic) bond motifs is 1. The van der Waals surface area contributed by atoms with Gasteiger partial charge in [0.05, 0.1) is 13.2 Å². The molecule has 28 heavy (non-hydrogen) atoms. The number of aliphatic hydroxyl groups excluding tert-OH is 1. The van der Waals surface area contributed by atoms with Crippen LogP contribution in [0.5, 0.6) is 11.5 Å². The minimum Gasteiger partial charge on any atom is -0.507 e. The first kappa shape index (κ1) is 18.1. The van der Waals surface area contributed by atoms with Crippen molar-refractivity contribution in [2.24, 2.45) is 0 Å². The molecule has 0 spiro atoms. The van der Waals surface area contributed by atoms with Crippen LogP contribution in [0.1, 0.15) is 34.1 Å². The fraction of sp³-hybridized carbons (Fsp3) is 0.238. The maximum absolute atomic E-state index is 13.0. The Labute approximate surface area is 162 Å². The van der Waals surface area contributed by atoms with Gasteiger partial charge in [0.15, 0.2) is 0 Å². The summed E-state index contributed by atoms with van der Waals surface area (Å²) >= 11 is 0. The van der Waals surface area contributed by atoms with Gasteiger partial charge in [-0.3, -0.25) is 9.89 Å². The summed E-state index contributed by atoms with van der Waals surface area (Å²) in [5, 5.41) is 26.8. The van der Waals surface area contributed by atoms with Crippen molar-refractivity contribution in [2.75, 3.05) is 20.3 Å². The smallest absolute Gasteiger partial charge is 0.273 e. The minimum absolute atomic E-state index is 0.00682. The maximum atomic E-state index is 13.0. The van der Waals surface area contributed by atoms with Gasteiger partial charge >= 0.3 is 0 Å². The Hall–Kier alpha value is -3.32. The van der Waals surface area contributed by atoms with Crippen molar-refractivity contribution in [1.82, 2.24) is 15.1 Å². The van der Waals surface area contributed by atoms with Crippen molar-refractivity contribution in [1.29, 1.82) is 0 Å². The molecular weight excluding hydrogens is 358 g/mol. The molecule has 2 heterocycles. The number of amides is 1. The highest BCUT2D eigenvalue weighted by Crippen LogP contribution is 2.44. The van der Waals surface area contributed by atoms with E-state index in [1.165, 1.54) is 0 Å². The predicted octanol–water partition coefficient (Wildman–Crippen LogP) is 2.72. The number of carbonyl (C=O) groups is 1. The van der Waals surface area contributed by atoms with Gasteiger partial charge < -0.3 is 19.8 Å². The Morgan fingerprint density at radius 2 is 2.04 bits per heavy atom. The Balaban J connectivity index is 1.89. The molecule has 1 aromatic heterocycles. The lowest BCUT2D eigenvalue weighted by Crippen LogP contribution is -2.31. The third-order valence-electron chi connectivity index (χ3n) is 4.99. The van der Waals surface area contributed by atoms with Crippen molar-refractivity contribution < 1.29 is 19.7 Å². The summed E-state index contributed by atoms with van der Waals surface area (Å²) in [6.07, 6.45) is 0.468. The molecule has 1 aliphatic rings. The monoisotopic (exact) mass is 379 g/mol. The van der Waals surface area contributed by atoms with E-state index in [-0.39, 0.29) is 18.3 Å². The number of aromatic nitrogens is 2. The van der Waals surface area contributed by atoms with Gasteiger partial charge in [-0.05, 0) is 36.2 Å². The van der Waals surface area contributed by atoms with Gasteiger partial charge in [-0.2, -0.15) is 5.10 Å². The first-order valence-corrected chi connectivity index (χ1v) is 9.08. The number of para-hydroxylation sites is 1. The molecule has 0 fully saturated rings. The van der Waals surface area contributed by atoms with Gasteiger partial charge in [0.1, 0.15) is 22.9 Å². The number of carbonyl (C=O) groups excluding carboxylic acids is 1. The lowest BCUT2D eigenvalue weighted by Gasteiger charge is -2.26. The quantitative estimate of drug-likeness (QED) is 0.612. The number of hydrogen-bond acceptors (Lipinski definition) is 5. The molecule has 1 atom stereocenters. The lowest BCUT2D eigenvalue weighted by molar-refractivity contribution is 0.0732. The van der Waals surface area contributed by atoms with Crippen molar-refractivity contribution in [3.8, 4) is 22.8 Å². The summed E-state index contributed by atoms with van der Waals surface area (Å²) < 4.78 is 5.35. The van der Waals surface area contributed by atoms with E-state index in [4.69, 9.17) is 4.74 Å². The number of phenols is 1. The van der Waals surface area contributed by atoms with Gasteiger partial charge in [0.25, 0.3) is 5.91 Å². The molecule has 0 saturated carbocycles. The number of benzene rings is 2. The van der Waals surface area contributed by atoms with Gasteiger partial charge in [-0.15, -0.1) is 0 Å². The van der Waals surface area contributed by atoms with Crippen LogP contribution in [0.3, 0.4) is 0 Å². The molecule has 0 bridgehead atoms. The summed E-state index contributed by atoms with van der Waals surface area (Å²) in [6.45, 7) is 0.396. The Kier molecular flexibility index (Phi) is 4.75. The molecule has 3 N–H and O–H groups in total. The fourth-order valence-corrected chi connectivity index (χ4v) is 3.71. The third kappa shape index (κ3) is 2.90. The number of methoxy groups -OCH3 is 1. The molecule has 1 unspecified atom stereocenters. The lowest BCUT2D eigenvalue weighted by atomic mass is 9.95. The molecule has 4 rings (SSSR count). The number of aromatic hydroxyl groups is 1. The van der Waals surface area contributed by atoms with Gasteiger partial charge in [-0.1, -0.05) is 24.3 Å². The number of rotatable bonds is 6. The summed E-state index contributed by atoms with van der Waals surface area (Å²) in [7, 11) is 1.60. The molecular formula is C21H21N3O4. The van der Waals surface area contributed by atoms with Crippen LogP contribution in [0.25, 0.3) is 11.3 Å². The maximum Gasteiger partial charge on any atom is 0.273 e. The molecule has 144 valence electrons. The third-order valence-corrected chi connectivity index (χ3v) is 4.99. The van der Waals surface area contributed by atoms with E-state index in [1.807, 2.05) is 30.3 Å². The number of H-pyrrole nitrogens is 1. The van der Waals surface area contributed by atoms with Gasteiger partial charge in [0.2, 0.25) is 0 Å². The Morgan fingerprint density at radius 1 is 1.21 bits per heavy atom. The van der Waals surface area contributed by atoms with Crippen molar-refractivity contribution in [3.63, 3.8) is 0 Å². The molecule has 1 amide bonds. The number of hydrogen-bond donors (Lipinski definition) is 3. The zero-order valence-corrected chi connectivity index (χ0v) is 15.4. The average Bonchev–Trinajstić information content (AvgIpc) is 3.26. The van der Waals surface area contributed by atoms with Crippen LogP contribution in [-0.4, -0.2) is 51.5 Å². The van der Waals surface area contributed by atoms with Gasteiger partial charge in [0, 0.05) is 24.3 Å². The van der Waals surface area contributed by atoms with Crippen LogP contribution in [0, 0.1) is 0 Å². The minimum atomic E-state index is -0.391. The second-order valence-electron chi connectivity index (χ2n) is 6.63. The van der Waals surface area contributed by atoms with Gasteiger partial charge in [-0.25, -0.2) is 0 Å². The molecule has 7 nitrogen and oxygen atoms in total. The Morgan fingerprint density at radius 3 is 2.79 bits per heavy atom. The normalized spacial score (nSPS) is 15.7. The van der Waals surface area contributed by atoms with Crippen LogP contribution in [0.2, 0.25) is 0 Å². The first-order chi connectivity index (χ1) is 13.7. The number of phenolic OH excluding ortho intramolecular Hbond substituents is 1. The topological polar surface area (TPSA) is 98.7 Å². The van der Waals surface area contributed by atoms with Crippen molar-refractivity contribution in [3.05, 3.63) is 65.4 Å². The van der Waals surface area contributed by atoms with Crippen molar-refractivity contribution in [2.45, 2.75) is 12.5 Å². The molecule has 0 aliphatic carbocycles. The van der Waals surface area contributed by atoms with Crippen LogP contribution in [0.4, 0.5) is 0 Å². The molecule has 0 saturated heterocycles. The Bertz CT molecular complexity index is 1010. The predicted molar refractivity (Wildman–Crippen MR) is 103 cm³/mol. The highest BCUT2D eigenvalue weighted by molar-refractivity contribution is 6.00. The van der Waals surface area contributed by atoms with Crippen LogP contribution < -0.4 is 4.74 Å². The van der Waals surface area contributed by atoms with E-state index in [9.17, 15) is 15.0 Å². The molecule has 3 aromatic rings. The number of aliphatic hydroxyl groups is 1. The fourth-order valence-electron chi connectivity index (χ4n) is 3.71. The first-order valence-electron chi connectivity index (χ1n) is 9.08. The summed E-state index contributed by atoms with van der Waals surface area (Å²) in [5.41, 5.74) is 3.11. The highest BCUT2D eigenvalue weighted by Gasteiger charge is 2.42. The summed E-state index contributed by atoms with van der Waals surface area (Å²) in [6, 6.07) is 14.1. The van der Waals surface area contributed by atoms with E-state index in [1.54, 1.807) is 30.2 Å². The van der Waals surface area contributed by atoms with E-state index in [0.717, 1.165) is 11.1 Å². The molecule has 0 radical (unpaired) electrons. The second-order valence-corrected chi connectivity index (χ2v) is 6.63. The van der Waals surface area contributed by atoms with Crippen LogP contribution in [0.15, 0.2) is 48.5 Å². The highest BCUT2D eigenvalue weighted by atomic mass is 16.5. The number of nitrogens with zero attached hydrogens (tertiary/aromatic N) is 2. The number of aromatic amines is 1. The zero-order chi connectivity index (χ0) is 19.7. The van der Waals surface area contributed by atoms with Crippen LogP contribution in [-0.2, 0) is 0 Å². The zero-order valence-electron chi connectivity index (χ0n) is 15.4. The largest absolute Gasteiger partial charge is 0.507 e. The van der Waals surface area contributed by atoms with E-state index < -0.39 is 6.04 Å². The summed E-state index contributed by atoms with van der Waals surface area (Å²) in [5.74, 6) is 0.612. The van der Waals surface area contributed by atoms with Crippen LogP contribution >= 0.6 is 0 Å². The van der Waals surface area contributed by atoms with E-state index >= 15 is 0 Å². The molecule has 1 aliphatic heterocycles. The SMILES string of the molecule is COc1cccc(C2c3c(-c4ccccc4O)n[nH]c3C(=O)N2CCCO)c1. The summed E-state index contributed by atoms with van der Waals surface area (Å²) in [4.78, 5) is 14.8.